The average Bonchev–Trinajstić information content (AvgIpc) is 2.56. The van der Waals surface area contributed by atoms with Gasteiger partial charge in [0.1, 0.15) is 17.7 Å². The van der Waals surface area contributed by atoms with Crippen LogP contribution in [0.25, 0.3) is 0 Å². The van der Waals surface area contributed by atoms with Crippen molar-refractivity contribution in [3.05, 3.63) is 47.8 Å². The molecule has 21 heavy (non-hydrogen) atoms. The van der Waals surface area contributed by atoms with Crippen molar-refractivity contribution in [2.45, 2.75) is 6.92 Å². The summed E-state index contributed by atoms with van der Waals surface area (Å²) in [5, 5.41) is 9.23. The molecule has 0 radical (unpaired) electrons. The van der Waals surface area contributed by atoms with Gasteiger partial charge in [-0.05, 0) is 31.2 Å². The molecule has 2 aromatic rings. The summed E-state index contributed by atoms with van der Waals surface area (Å²) in [6.45, 7) is 5.42. The number of nitrogens with zero attached hydrogens (tertiary/aromatic N) is 5. The smallest absolute Gasteiger partial charge is 0.146 e. The van der Waals surface area contributed by atoms with Crippen molar-refractivity contribution < 1.29 is 0 Å². The zero-order chi connectivity index (χ0) is 14.7. The molecule has 3 rings (SSSR count). The summed E-state index contributed by atoms with van der Waals surface area (Å²) < 4.78 is 0. The number of hydrogen-bond donors (Lipinski definition) is 0. The Bertz CT molecular complexity index is 654. The Morgan fingerprint density at radius 2 is 1.81 bits per heavy atom. The van der Waals surface area contributed by atoms with Gasteiger partial charge in [0.15, 0.2) is 0 Å². The van der Waals surface area contributed by atoms with E-state index in [9.17, 15) is 5.26 Å². The highest BCUT2D eigenvalue weighted by Gasteiger charge is 2.21. The molecule has 1 saturated heterocycles. The van der Waals surface area contributed by atoms with Crippen LogP contribution in [0, 0.1) is 18.3 Å². The second kappa shape index (κ2) is 5.80. The number of aryl methyl sites for hydroxylation is 1. The molecule has 0 unspecified atom stereocenters. The monoisotopic (exact) mass is 279 g/mol. The Hall–Kier alpha value is -2.61. The molecule has 0 aliphatic carbocycles. The van der Waals surface area contributed by atoms with Gasteiger partial charge in [-0.15, -0.1) is 0 Å². The van der Waals surface area contributed by atoms with E-state index >= 15 is 0 Å². The van der Waals surface area contributed by atoms with E-state index in [1.54, 1.807) is 0 Å². The Labute approximate surface area is 124 Å². The van der Waals surface area contributed by atoms with Gasteiger partial charge in [-0.1, -0.05) is 6.07 Å². The molecule has 3 heterocycles. The third kappa shape index (κ3) is 2.79. The van der Waals surface area contributed by atoms with Crippen molar-refractivity contribution >= 4 is 11.6 Å². The van der Waals surface area contributed by atoms with Crippen LogP contribution in [0.2, 0.25) is 0 Å². The van der Waals surface area contributed by atoms with Crippen LogP contribution >= 0.6 is 0 Å². The number of rotatable bonds is 2. The summed E-state index contributed by atoms with van der Waals surface area (Å²) in [6, 6.07) is 11.9. The highest BCUT2D eigenvalue weighted by atomic mass is 15.3. The molecule has 1 aliphatic rings. The Kier molecular flexibility index (Phi) is 3.69. The molecule has 5 heteroatoms. The van der Waals surface area contributed by atoms with Gasteiger partial charge >= 0.3 is 0 Å². The molecule has 5 nitrogen and oxygen atoms in total. The van der Waals surface area contributed by atoms with Crippen LogP contribution in [0.1, 0.15) is 11.3 Å². The summed E-state index contributed by atoms with van der Waals surface area (Å²) in [7, 11) is 0. The van der Waals surface area contributed by atoms with Crippen LogP contribution < -0.4 is 9.80 Å². The van der Waals surface area contributed by atoms with Crippen LogP contribution in [-0.4, -0.2) is 36.1 Å². The van der Waals surface area contributed by atoms with E-state index in [1.165, 1.54) is 0 Å². The number of anilines is 2. The molecule has 106 valence electrons. The number of piperazine rings is 1. The molecular weight excluding hydrogens is 262 g/mol. The first-order chi connectivity index (χ1) is 10.3. The zero-order valence-electron chi connectivity index (χ0n) is 12.0. The van der Waals surface area contributed by atoms with E-state index in [0.717, 1.165) is 43.5 Å². The van der Waals surface area contributed by atoms with E-state index in [2.05, 4.69) is 25.8 Å². The first-order valence-electron chi connectivity index (χ1n) is 7.06. The van der Waals surface area contributed by atoms with Gasteiger partial charge in [-0.25, -0.2) is 9.97 Å². The number of pyridine rings is 2. The van der Waals surface area contributed by atoms with Gasteiger partial charge < -0.3 is 9.80 Å². The predicted molar refractivity (Wildman–Crippen MR) is 82.4 cm³/mol. The van der Waals surface area contributed by atoms with Gasteiger partial charge in [0.2, 0.25) is 0 Å². The lowest BCUT2D eigenvalue weighted by molar-refractivity contribution is 0.640. The summed E-state index contributed by atoms with van der Waals surface area (Å²) in [4.78, 5) is 13.4. The Balaban J connectivity index is 1.75. The second-order valence-corrected chi connectivity index (χ2v) is 5.10. The first-order valence-corrected chi connectivity index (χ1v) is 7.06. The van der Waals surface area contributed by atoms with Crippen LogP contribution in [0.3, 0.4) is 0 Å². The topological polar surface area (TPSA) is 56.1 Å². The summed E-state index contributed by atoms with van der Waals surface area (Å²) in [5.74, 6) is 1.81. The van der Waals surface area contributed by atoms with E-state index < -0.39 is 0 Å². The number of nitriles is 1. The maximum Gasteiger partial charge on any atom is 0.146 e. The molecule has 0 atom stereocenters. The largest absolute Gasteiger partial charge is 0.353 e. The minimum Gasteiger partial charge on any atom is -0.353 e. The molecule has 0 aromatic carbocycles. The standard InChI is InChI=1S/C16H17N5/c1-13-5-6-14(12-17)16(19-13)21-10-8-20(9-11-21)15-4-2-3-7-18-15/h2-7H,8-11H2,1H3. The van der Waals surface area contributed by atoms with Gasteiger partial charge in [0, 0.05) is 38.1 Å². The maximum absolute atomic E-state index is 9.23. The fourth-order valence-corrected chi connectivity index (χ4v) is 2.56. The molecule has 0 amide bonds. The lowest BCUT2D eigenvalue weighted by atomic mass is 10.2. The van der Waals surface area contributed by atoms with Crippen molar-refractivity contribution in [3.63, 3.8) is 0 Å². The second-order valence-electron chi connectivity index (χ2n) is 5.10. The van der Waals surface area contributed by atoms with Crippen molar-refractivity contribution in [1.82, 2.24) is 9.97 Å². The van der Waals surface area contributed by atoms with E-state index in [4.69, 9.17) is 0 Å². The molecule has 0 spiro atoms. The SMILES string of the molecule is Cc1ccc(C#N)c(N2CCN(c3ccccn3)CC2)n1. The Morgan fingerprint density at radius 1 is 1.05 bits per heavy atom. The molecule has 2 aromatic heterocycles. The molecule has 0 N–H and O–H groups in total. The van der Waals surface area contributed by atoms with Gasteiger partial charge in [0.05, 0.1) is 5.56 Å². The molecule has 1 fully saturated rings. The number of aromatic nitrogens is 2. The predicted octanol–water partition coefficient (Wildman–Crippen LogP) is 1.98. The van der Waals surface area contributed by atoms with Crippen LogP contribution in [0.5, 0.6) is 0 Å². The van der Waals surface area contributed by atoms with Crippen molar-refractivity contribution in [3.8, 4) is 6.07 Å². The van der Waals surface area contributed by atoms with Crippen molar-refractivity contribution in [2.75, 3.05) is 36.0 Å². The molecule has 0 saturated carbocycles. The fraction of sp³-hybridized carbons (Fsp3) is 0.312. The van der Waals surface area contributed by atoms with E-state index in [0.29, 0.717) is 5.56 Å². The number of hydrogen-bond acceptors (Lipinski definition) is 5. The van der Waals surface area contributed by atoms with Crippen LogP contribution in [0.4, 0.5) is 11.6 Å². The lowest BCUT2D eigenvalue weighted by Crippen LogP contribution is -2.47. The highest BCUT2D eigenvalue weighted by molar-refractivity contribution is 5.55. The minimum absolute atomic E-state index is 0.645. The maximum atomic E-state index is 9.23. The van der Waals surface area contributed by atoms with Gasteiger partial charge in [0.25, 0.3) is 0 Å². The van der Waals surface area contributed by atoms with Crippen LogP contribution in [0.15, 0.2) is 36.5 Å². The normalized spacial score (nSPS) is 14.9. The summed E-state index contributed by atoms with van der Waals surface area (Å²) >= 11 is 0. The minimum atomic E-state index is 0.645. The fourth-order valence-electron chi connectivity index (χ4n) is 2.56. The molecule has 0 bridgehead atoms. The van der Waals surface area contributed by atoms with E-state index in [-0.39, 0.29) is 0 Å². The zero-order valence-corrected chi connectivity index (χ0v) is 12.0. The van der Waals surface area contributed by atoms with Crippen LogP contribution in [-0.2, 0) is 0 Å². The molecular formula is C16H17N5. The lowest BCUT2D eigenvalue weighted by Gasteiger charge is -2.36. The third-order valence-corrected chi connectivity index (χ3v) is 3.69. The highest BCUT2D eigenvalue weighted by Crippen LogP contribution is 2.21. The average molecular weight is 279 g/mol. The van der Waals surface area contributed by atoms with E-state index in [1.807, 2.05) is 43.5 Å². The van der Waals surface area contributed by atoms with Gasteiger partial charge in [-0.3, -0.25) is 0 Å². The van der Waals surface area contributed by atoms with Gasteiger partial charge in [-0.2, -0.15) is 5.26 Å². The van der Waals surface area contributed by atoms with Crippen molar-refractivity contribution in [2.24, 2.45) is 0 Å². The quantitative estimate of drug-likeness (QED) is 0.841. The third-order valence-electron chi connectivity index (χ3n) is 3.69. The van der Waals surface area contributed by atoms with Crippen molar-refractivity contribution in [1.29, 1.82) is 5.26 Å². The first kappa shape index (κ1) is 13.4. The Morgan fingerprint density at radius 3 is 2.48 bits per heavy atom. The molecule has 1 aliphatic heterocycles. The summed E-state index contributed by atoms with van der Waals surface area (Å²) in [5.41, 5.74) is 1.59. The summed E-state index contributed by atoms with van der Waals surface area (Å²) in [6.07, 6.45) is 1.82.